The number of aromatic nitrogens is 2. The molecule has 2 amide bonds. The van der Waals surface area contributed by atoms with Gasteiger partial charge in [0.2, 0.25) is 0 Å². The summed E-state index contributed by atoms with van der Waals surface area (Å²) in [7, 11) is 0. The minimum Gasteiger partial charge on any atom is -0.465 e. The van der Waals surface area contributed by atoms with Crippen LogP contribution in [0.5, 0.6) is 0 Å². The molecule has 8 nitrogen and oxygen atoms in total. The van der Waals surface area contributed by atoms with Crippen LogP contribution in [0.1, 0.15) is 10.5 Å². The van der Waals surface area contributed by atoms with Gasteiger partial charge >= 0.3 is 11.8 Å². The fraction of sp³-hybridized carbons (Fsp3) is 0.190. The van der Waals surface area contributed by atoms with Gasteiger partial charge in [0.25, 0.3) is 5.91 Å². The number of nitrogens with zero attached hydrogens (tertiary/aromatic N) is 3. The van der Waals surface area contributed by atoms with E-state index in [9.17, 15) is 14.4 Å². The highest BCUT2D eigenvalue weighted by atomic mass is 35.5. The van der Waals surface area contributed by atoms with Crippen molar-refractivity contribution in [2.24, 2.45) is 0 Å². The van der Waals surface area contributed by atoms with Gasteiger partial charge < -0.3 is 19.9 Å². The Balaban J connectivity index is 1.78. The number of hydrogen-bond donors (Lipinski definition) is 2. The second-order valence-corrected chi connectivity index (χ2v) is 7.33. The van der Waals surface area contributed by atoms with Crippen LogP contribution >= 0.6 is 11.6 Å². The van der Waals surface area contributed by atoms with Gasteiger partial charge in [0.1, 0.15) is 5.69 Å². The number of rotatable bonds is 3. The number of carbonyl (C=O) groups excluding carboxylic acids is 1. The highest BCUT2D eigenvalue weighted by Gasteiger charge is 2.29. The quantitative estimate of drug-likeness (QED) is 0.672. The molecule has 0 spiro atoms. The van der Waals surface area contributed by atoms with Gasteiger partial charge in [0.15, 0.2) is 0 Å². The molecule has 0 unspecified atom stereocenters. The first-order chi connectivity index (χ1) is 14.5. The van der Waals surface area contributed by atoms with Crippen molar-refractivity contribution in [3.63, 3.8) is 0 Å². The average molecular weight is 427 g/mol. The Bertz CT molecular complexity index is 1130. The average Bonchev–Trinajstić information content (AvgIpc) is 3.11. The van der Waals surface area contributed by atoms with Crippen molar-refractivity contribution in [1.29, 1.82) is 0 Å². The maximum atomic E-state index is 13.3. The van der Waals surface area contributed by atoms with Gasteiger partial charge in [-0.1, -0.05) is 41.9 Å². The van der Waals surface area contributed by atoms with E-state index in [0.717, 1.165) is 0 Å². The summed E-state index contributed by atoms with van der Waals surface area (Å²) in [5.74, 6) is -0.350. The van der Waals surface area contributed by atoms with Crippen molar-refractivity contribution in [2.75, 3.05) is 26.2 Å². The molecule has 9 heteroatoms. The molecule has 30 heavy (non-hydrogen) atoms. The molecule has 0 atom stereocenters. The number of H-pyrrole nitrogens is 1. The molecule has 2 heterocycles. The summed E-state index contributed by atoms with van der Waals surface area (Å²) in [6.07, 6.45) is -1.01. The zero-order chi connectivity index (χ0) is 21.3. The third-order valence-electron chi connectivity index (χ3n) is 5.08. The largest absolute Gasteiger partial charge is 0.465 e. The van der Waals surface area contributed by atoms with E-state index in [2.05, 4.69) is 4.98 Å². The first-order valence-electron chi connectivity index (χ1n) is 9.39. The van der Waals surface area contributed by atoms with Crippen molar-refractivity contribution in [2.45, 2.75) is 0 Å². The molecule has 1 fully saturated rings. The third-order valence-corrected chi connectivity index (χ3v) is 5.33. The number of imidazole rings is 1. The SMILES string of the molecule is O=C(O)N1CCN(C(=O)c2[nH]c(=O)n(-c3ccccc3)c2-c2ccc(Cl)cc2)CC1. The van der Waals surface area contributed by atoms with Gasteiger partial charge in [-0.3, -0.25) is 9.36 Å². The van der Waals surface area contributed by atoms with Crippen LogP contribution in [-0.2, 0) is 0 Å². The smallest absolute Gasteiger partial charge is 0.407 e. The summed E-state index contributed by atoms with van der Waals surface area (Å²) in [6.45, 7) is 0.954. The van der Waals surface area contributed by atoms with Crippen molar-refractivity contribution in [3.8, 4) is 16.9 Å². The highest BCUT2D eigenvalue weighted by molar-refractivity contribution is 6.30. The Morgan fingerprint density at radius 1 is 0.900 bits per heavy atom. The van der Waals surface area contributed by atoms with E-state index in [1.807, 2.05) is 18.2 Å². The topological polar surface area (TPSA) is 98.6 Å². The molecule has 0 saturated carbocycles. The minimum absolute atomic E-state index is 0.162. The van der Waals surface area contributed by atoms with Crippen LogP contribution in [0.4, 0.5) is 4.79 Å². The molecular weight excluding hydrogens is 408 g/mol. The van der Waals surface area contributed by atoms with E-state index in [1.54, 1.807) is 41.3 Å². The summed E-state index contributed by atoms with van der Waals surface area (Å²) in [6, 6.07) is 15.9. The van der Waals surface area contributed by atoms with E-state index >= 15 is 0 Å². The minimum atomic E-state index is -1.01. The number of carbonyl (C=O) groups is 2. The van der Waals surface area contributed by atoms with Crippen molar-refractivity contribution in [3.05, 3.63) is 75.8 Å². The number of hydrogen-bond acceptors (Lipinski definition) is 3. The fourth-order valence-electron chi connectivity index (χ4n) is 3.55. The van der Waals surface area contributed by atoms with Gasteiger partial charge in [-0.2, -0.15) is 0 Å². The summed E-state index contributed by atoms with van der Waals surface area (Å²) >= 11 is 6.02. The first-order valence-corrected chi connectivity index (χ1v) is 9.77. The van der Waals surface area contributed by atoms with Crippen LogP contribution in [0.15, 0.2) is 59.4 Å². The number of para-hydroxylation sites is 1. The standard InChI is InChI=1S/C21H19ClN4O4/c22-15-8-6-14(7-9-15)18-17(19(27)24-10-12-25(13-11-24)21(29)30)23-20(28)26(18)16-4-2-1-3-5-16/h1-9H,10-13H2,(H,23,28)(H,29,30). The van der Waals surface area contributed by atoms with Gasteiger partial charge in [-0.05, 0) is 24.3 Å². The molecule has 154 valence electrons. The highest BCUT2D eigenvalue weighted by Crippen LogP contribution is 2.27. The number of amides is 2. The van der Waals surface area contributed by atoms with E-state index in [-0.39, 0.29) is 37.8 Å². The van der Waals surface area contributed by atoms with Crippen LogP contribution in [0.3, 0.4) is 0 Å². The first kappa shape index (κ1) is 19.8. The lowest BCUT2D eigenvalue weighted by Crippen LogP contribution is -2.50. The van der Waals surface area contributed by atoms with Crippen molar-refractivity contribution in [1.82, 2.24) is 19.4 Å². The molecule has 1 aliphatic heterocycles. The Morgan fingerprint density at radius 2 is 1.50 bits per heavy atom. The Kier molecular flexibility index (Phi) is 5.33. The lowest BCUT2D eigenvalue weighted by molar-refractivity contribution is 0.0620. The fourth-order valence-corrected chi connectivity index (χ4v) is 3.68. The molecular formula is C21H19ClN4O4. The number of piperazine rings is 1. The Labute approximate surface area is 176 Å². The van der Waals surface area contributed by atoms with Crippen molar-refractivity contribution >= 4 is 23.6 Å². The Hall–Kier alpha value is -3.52. The van der Waals surface area contributed by atoms with E-state index in [4.69, 9.17) is 16.7 Å². The molecule has 1 saturated heterocycles. The molecule has 2 aromatic carbocycles. The summed E-state index contributed by atoms with van der Waals surface area (Å²) in [4.78, 5) is 42.8. The van der Waals surface area contributed by atoms with E-state index in [1.165, 1.54) is 9.47 Å². The van der Waals surface area contributed by atoms with Gasteiger partial charge in [-0.15, -0.1) is 0 Å². The van der Waals surface area contributed by atoms with E-state index < -0.39 is 11.8 Å². The molecule has 0 bridgehead atoms. The third kappa shape index (κ3) is 3.69. The summed E-state index contributed by atoms with van der Waals surface area (Å²) < 4.78 is 1.46. The maximum Gasteiger partial charge on any atom is 0.407 e. The number of carboxylic acid groups (broad SMARTS) is 1. The number of benzene rings is 2. The predicted molar refractivity (Wildman–Crippen MR) is 112 cm³/mol. The molecule has 0 aliphatic carbocycles. The van der Waals surface area contributed by atoms with E-state index in [0.29, 0.717) is 22.0 Å². The molecule has 1 aliphatic rings. The lowest BCUT2D eigenvalue weighted by Gasteiger charge is -2.33. The monoisotopic (exact) mass is 426 g/mol. The van der Waals surface area contributed by atoms with Gasteiger partial charge in [0, 0.05) is 36.8 Å². The normalized spacial score (nSPS) is 14.0. The maximum absolute atomic E-state index is 13.3. The summed E-state index contributed by atoms with van der Waals surface area (Å²) in [5, 5.41) is 9.66. The molecule has 3 aromatic rings. The Morgan fingerprint density at radius 3 is 2.10 bits per heavy atom. The van der Waals surface area contributed by atoms with Crippen LogP contribution in [0.2, 0.25) is 5.02 Å². The van der Waals surface area contributed by atoms with Crippen LogP contribution in [0.25, 0.3) is 16.9 Å². The second kappa shape index (κ2) is 8.08. The predicted octanol–water partition coefficient (Wildman–Crippen LogP) is 2.92. The second-order valence-electron chi connectivity index (χ2n) is 6.89. The number of nitrogens with one attached hydrogen (secondary N) is 1. The molecule has 0 radical (unpaired) electrons. The van der Waals surface area contributed by atoms with Crippen LogP contribution in [-0.4, -0.2) is 62.6 Å². The summed E-state index contributed by atoms with van der Waals surface area (Å²) in [5.41, 5.74) is 1.45. The van der Waals surface area contributed by atoms with Gasteiger partial charge in [0.05, 0.1) is 11.4 Å². The van der Waals surface area contributed by atoms with Crippen molar-refractivity contribution < 1.29 is 14.7 Å². The lowest BCUT2D eigenvalue weighted by atomic mass is 10.1. The number of halogens is 1. The van der Waals surface area contributed by atoms with Gasteiger partial charge in [-0.25, -0.2) is 9.59 Å². The van der Waals surface area contributed by atoms with Crippen LogP contribution < -0.4 is 5.69 Å². The molecule has 2 N–H and O–H groups in total. The molecule has 1 aromatic heterocycles. The number of aromatic amines is 1. The molecule has 4 rings (SSSR count). The zero-order valence-electron chi connectivity index (χ0n) is 15.9. The van der Waals surface area contributed by atoms with Crippen LogP contribution in [0, 0.1) is 0 Å². The zero-order valence-corrected chi connectivity index (χ0v) is 16.7.